The van der Waals surface area contributed by atoms with E-state index in [0.717, 1.165) is 75.6 Å². The molecule has 0 amide bonds. The van der Waals surface area contributed by atoms with E-state index in [2.05, 4.69) is 101 Å². The van der Waals surface area contributed by atoms with Crippen LogP contribution in [0.25, 0.3) is 0 Å². The molecule has 2 rings (SSSR count). The number of para-hydroxylation sites is 2. The van der Waals surface area contributed by atoms with Gasteiger partial charge in [-0.3, -0.25) is 9.98 Å². The summed E-state index contributed by atoms with van der Waals surface area (Å²) < 4.78 is 0. The van der Waals surface area contributed by atoms with E-state index in [1.807, 2.05) is 0 Å². The quantitative estimate of drug-likeness (QED) is 0.0358. The summed E-state index contributed by atoms with van der Waals surface area (Å²) >= 11 is 0. The van der Waals surface area contributed by atoms with Gasteiger partial charge in [-0.25, -0.2) is 0 Å². The highest BCUT2D eigenvalue weighted by Gasteiger charge is 2.13. The molecule has 0 unspecified atom stereocenters. The molecule has 410 valence electrons. The summed E-state index contributed by atoms with van der Waals surface area (Å²) in [5, 5.41) is 0. The Morgan fingerprint density at radius 3 is 0.792 bits per heavy atom. The Hall–Kier alpha value is -2.74. The van der Waals surface area contributed by atoms with Crippen LogP contribution in [0, 0.1) is 0 Å². The fourth-order valence-electron chi connectivity index (χ4n) is 10.4. The fraction of sp³-hybridized carbons (Fsp3) is 0.743. The van der Waals surface area contributed by atoms with Crippen molar-refractivity contribution in [3.63, 3.8) is 0 Å². The van der Waals surface area contributed by atoms with Crippen LogP contribution in [0.2, 0.25) is 0 Å². The molecule has 0 bridgehead atoms. The van der Waals surface area contributed by atoms with E-state index in [4.69, 9.17) is 9.98 Å². The average molecular weight is 990 g/mol. The zero-order chi connectivity index (χ0) is 51.3. The van der Waals surface area contributed by atoms with Crippen molar-refractivity contribution < 1.29 is 0 Å². The van der Waals surface area contributed by atoms with Crippen molar-refractivity contribution in [3.8, 4) is 0 Å². The predicted octanol–water partition coefficient (Wildman–Crippen LogP) is 24.8. The molecule has 0 aliphatic carbocycles. The lowest BCUT2D eigenvalue weighted by atomic mass is 10.0. The van der Waals surface area contributed by atoms with Gasteiger partial charge in [0.05, 0.1) is 22.8 Å². The third-order valence-corrected chi connectivity index (χ3v) is 15.3. The van der Waals surface area contributed by atoms with Crippen molar-refractivity contribution in [1.82, 2.24) is 0 Å². The smallest absolute Gasteiger partial charge is 0.0665 e. The monoisotopic (exact) mass is 989 g/mol. The Labute approximate surface area is 450 Å². The zero-order valence-corrected chi connectivity index (χ0v) is 48.8. The summed E-state index contributed by atoms with van der Waals surface area (Å²) in [4.78, 5) is 11.0. The number of hydrogen-bond donors (Lipinski definition) is 0. The molecule has 0 aliphatic heterocycles. The Bertz CT molecular complexity index is 1460. The van der Waals surface area contributed by atoms with Crippen molar-refractivity contribution in [2.24, 2.45) is 9.98 Å². The lowest BCUT2D eigenvalue weighted by molar-refractivity contribution is 0.527. The first-order valence-corrected chi connectivity index (χ1v) is 32.3. The van der Waals surface area contributed by atoms with Crippen molar-refractivity contribution >= 4 is 22.8 Å². The van der Waals surface area contributed by atoms with Crippen LogP contribution in [0.4, 0.5) is 11.4 Å². The first kappa shape index (κ1) is 65.4. The minimum atomic E-state index is 0.988. The topological polar surface area (TPSA) is 24.7 Å². The third kappa shape index (κ3) is 38.8. The molecule has 0 saturated carbocycles. The van der Waals surface area contributed by atoms with Gasteiger partial charge in [0.2, 0.25) is 0 Å². The molecule has 0 atom stereocenters. The van der Waals surface area contributed by atoms with E-state index < -0.39 is 0 Å². The minimum absolute atomic E-state index is 0.988. The van der Waals surface area contributed by atoms with Crippen LogP contribution in [-0.2, 0) is 12.8 Å². The van der Waals surface area contributed by atoms with E-state index in [9.17, 15) is 0 Å². The van der Waals surface area contributed by atoms with Crippen molar-refractivity contribution in [2.45, 2.75) is 336 Å². The maximum atomic E-state index is 5.50. The van der Waals surface area contributed by atoms with Gasteiger partial charge in [-0.1, -0.05) is 307 Å². The van der Waals surface area contributed by atoms with Gasteiger partial charge in [0, 0.05) is 0 Å². The lowest BCUT2D eigenvalue weighted by Crippen LogP contribution is -2.14. The second kappa shape index (κ2) is 51.7. The number of aliphatic imine (C=N–C) groups is 2. The minimum Gasteiger partial charge on any atom is -0.251 e. The van der Waals surface area contributed by atoms with Gasteiger partial charge in [0.25, 0.3) is 0 Å². The van der Waals surface area contributed by atoms with Crippen molar-refractivity contribution in [2.75, 3.05) is 0 Å². The molecule has 72 heavy (non-hydrogen) atoms. The Morgan fingerprint density at radius 1 is 0.278 bits per heavy atom. The maximum absolute atomic E-state index is 5.50. The number of rotatable bonds is 53. The second-order valence-corrected chi connectivity index (χ2v) is 22.2. The van der Waals surface area contributed by atoms with Crippen LogP contribution in [0.5, 0.6) is 0 Å². The number of unbranched alkanes of at least 4 members (excludes halogenated alkanes) is 38. The molecular formula is C70H120N2. The highest BCUT2D eigenvalue weighted by Crippen LogP contribution is 2.27. The highest BCUT2D eigenvalue weighted by molar-refractivity contribution is 6.43. The Morgan fingerprint density at radius 2 is 0.514 bits per heavy atom. The van der Waals surface area contributed by atoms with Gasteiger partial charge in [-0.2, -0.15) is 0 Å². The largest absolute Gasteiger partial charge is 0.251 e. The number of hydrogen-bond acceptors (Lipinski definition) is 2. The molecule has 0 aromatic heterocycles. The molecular weight excluding hydrogens is 869 g/mol. The molecule has 0 radical (unpaired) electrons. The first-order valence-electron chi connectivity index (χ1n) is 32.3. The molecule has 0 spiro atoms. The van der Waals surface area contributed by atoms with E-state index in [-0.39, 0.29) is 0 Å². The fourth-order valence-corrected chi connectivity index (χ4v) is 10.4. The molecule has 2 nitrogen and oxygen atoms in total. The van der Waals surface area contributed by atoms with E-state index in [1.54, 1.807) is 0 Å². The molecule has 0 fully saturated rings. The van der Waals surface area contributed by atoms with Crippen LogP contribution >= 0.6 is 0 Å². The van der Waals surface area contributed by atoms with Gasteiger partial charge < -0.3 is 0 Å². The first-order chi connectivity index (χ1) is 35.7. The standard InChI is InChI=1S/C70H120N2/c1-5-9-13-15-17-19-21-23-25-27-29-31-33-35-37-39-41-43-45-47-49-51-57-65-59-53-55-63-67(65)71-69(61-11-7-3)70(62-12-8-4)72-68-64-56-54-60-66(68)58-52-50-48-46-44-42-40-38-36-34-32-30-28-26-24-22-20-18-16-14-10-6-2/h45-48,53-56,59-60,63-64H,5-44,49-52,57-58,61-62H2,1-4H3. The van der Waals surface area contributed by atoms with E-state index in [0.29, 0.717) is 0 Å². The molecule has 0 heterocycles. The lowest BCUT2D eigenvalue weighted by Gasteiger charge is -2.14. The SMILES string of the molecule is CCCCCCCCCCCCCCCCCCCC=CCCCc1ccccc1N=C(CCCC)C(CCCC)=Nc1ccccc1CCCC=CCCCCCCCCCCCCCCCCCCC. The van der Waals surface area contributed by atoms with Gasteiger partial charge >= 0.3 is 0 Å². The summed E-state index contributed by atoms with van der Waals surface area (Å²) in [6.45, 7) is 9.22. The molecule has 0 aliphatic rings. The molecule has 2 aromatic rings. The summed E-state index contributed by atoms with van der Waals surface area (Å²) in [6, 6.07) is 17.9. The normalized spacial score (nSPS) is 12.4. The van der Waals surface area contributed by atoms with Crippen LogP contribution < -0.4 is 0 Å². The predicted molar refractivity (Wildman–Crippen MR) is 328 cm³/mol. The van der Waals surface area contributed by atoms with Gasteiger partial charge in [0.15, 0.2) is 0 Å². The molecule has 2 heteroatoms. The van der Waals surface area contributed by atoms with Gasteiger partial charge in [0.1, 0.15) is 0 Å². The number of aryl methyl sites for hydroxylation is 2. The average Bonchev–Trinajstić information content (AvgIpc) is 3.40. The number of allylic oxidation sites excluding steroid dienone is 4. The van der Waals surface area contributed by atoms with Crippen LogP contribution in [0.1, 0.15) is 334 Å². The van der Waals surface area contributed by atoms with Gasteiger partial charge in [-0.05, 0) is 113 Å². The van der Waals surface area contributed by atoms with Gasteiger partial charge in [-0.15, -0.1) is 0 Å². The zero-order valence-electron chi connectivity index (χ0n) is 48.8. The molecule has 2 aromatic carbocycles. The van der Waals surface area contributed by atoms with Crippen LogP contribution in [0.15, 0.2) is 82.8 Å². The summed E-state index contributed by atoms with van der Waals surface area (Å²) in [5.74, 6) is 0. The van der Waals surface area contributed by atoms with E-state index in [1.165, 1.54) is 267 Å². The van der Waals surface area contributed by atoms with Crippen molar-refractivity contribution in [1.29, 1.82) is 0 Å². The summed E-state index contributed by atoms with van der Waals surface area (Å²) in [6.07, 6.45) is 74.5. The maximum Gasteiger partial charge on any atom is 0.0665 e. The van der Waals surface area contributed by atoms with Crippen LogP contribution in [0.3, 0.4) is 0 Å². The van der Waals surface area contributed by atoms with Crippen molar-refractivity contribution in [3.05, 3.63) is 84.0 Å². The number of benzene rings is 2. The Kier molecular flexibility index (Phi) is 47.0. The Balaban J connectivity index is 1.72. The molecule has 0 saturated heterocycles. The summed E-state index contributed by atoms with van der Waals surface area (Å²) in [5.41, 5.74) is 7.45. The third-order valence-electron chi connectivity index (χ3n) is 15.3. The van der Waals surface area contributed by atoms with Crippen LogP contribution in [-0.4, -0.2) is 11.4 Å². The summed E-state index contributed by atoms with van der Waals surface area (Å²) in [7, 11) is 0. The van der Waals surface area contributed by atoms with E-state index >= 15 is 0 Å². The number of nitrogens with zero attached hydrogens (tertiary/aromatic N) is 2. The molecule has 0 N–H and O–H groups in total. The second-order valence-electron chi connectivity index (χ2n) is 22.2. The highest BCUT2D eigenvalue weighted by atomic mass is 14.8.